The number of rotatable bonds is 4. The first-order chi connectivity index (χ1) is 9.97. The molecule has 1 aliphatic rings. The van der Waals surface area contributed by atoms with Crippen LogP contribution >= 0.6 is 0 Å². The van der Waals surface area contributed by atoms with Crippen LogP contribution in [0.2, 0.25) is 0 Å². The summed E-state index contributed by atoms with van der Waals surface area (Å²) in [6.45, 7) is 0. The third-order valence-corrected chi connectivity index (χ3v) is 3.78. The molecular formula is C15H17NO5. The van der Waals surface area contributed by atoms with Crippen LogP contribution < -0.4 is 5.32 Å². The van der Waals surface area contributed by atoms with Crippen LogP contribution in [-0.2, 0) is 4.79 Å². The first-order valence-electron chi connectivity index (χ1n) is 6.84. The van der Waals surface area contributed by atoms with E-state index in [0.29, 0.717) is 31.2 Å². The largest absolute Gasteiger partial charge is 0.481 e. The van der Waals surface area contributed by atoms with Gasteiger partial charge in [-0.25, -0.2) is 4.79 Å². The third-order valence-electron chi connectivity index (χ3n) is 3.78. The topological polar surface area (TPSA) is 104 Å². The fourth-order valence-electron chi connectivity index (χ4n) is 2.55. The number of hydrogen-bond donors (Lipinski definition) is 3. The highest BCUT2D eigenvalue weighted by molar-refractivity contribution is 5.97. The van der Waals surface area contributed by atoms with Crippen LogP contribution in [-0.4, -0.2) is 34.1 Å². The summed E-state index contributed by atoms with van der Waals surface area (Å²) in [7, 11) is 0. The van der Waals surface area contributed by atoms with E-state index < -0.39 is 11.9 Å². The molecule has 0 atom stereocenters. The fraction of sp³-hybridized carbons (Fsp3) is 0.400. The Balaban J connectivity index is 1.95. The standard InChI is InChI=1S/C15H17NO5/c17-13(10-2-1-3-11(8-10)15(20)21)16-12-6-4-9(5-7-12)14(18)19/h1-3,8-9,12H,4-7H2,(H,16,17)(H,18,19)(H,20,21). The van der Waals surface area contributed by atoms with Crippen LogP contribution in [0.5, 0.6) is 0 Å². The average molecular weight is 291 g/mol. The molecule has 0 bridgehead atoms. The number of hydrogen-bond acceptors (Lipinski definition) is 3. The first-order valence-corrected chi connectivity index (χ1v) is 6.84. The second-order valence-electron chi connectivity index (χ2n) is 5.25. The van der Waals surface area contributed by atoms with Crippen LogP contribution in [0.3, 0.4) is 0 Å². The summed E-state index contributed by atoms with van der Waals surface area (Å²) < 4.78 is 0. The van der Waals surface area contributed by atoms with Crippen molar-refractivity contribution in [3.05, 3.63) is 35.4 Å². The van der Waals surface area contributed by atoms with E-state index in [-0.39, 0.29) is 23.4 Å². The smallest absolute Gasteiger partial charge is 0.335 e. The number of carboxylic acids is 2. The Morgan fingerprint density at radius 1 is 1.00 bits per heavy atom. The van der Waals surface area contributed by atoms with Gasteiger partial charge in [-0.3, -0.25) is 9.59 Å². The van der Waals surface area contributed by atoms with Crippen molar-refractivity contribution < 1.29 is 24.6 Å². The Morgan fingerprint density at radius 3 is 2.19 bits per heavy atom. The van der Waals surface area contributed by atoms with Gasteiger partial charge in [0.2, 0.25) is 0 Å². The molecular weight excluding hydrogens is 274 g/mol. The minimum Gasteiger partial charge on any atom is -0.481 e. The van der Waals surface area contributed by atoms with Crippen molar-refractivity contribution >= 4 is 17.8 Å². The molecule has 6 nitrogen and oxygen atoms in total. The van der Waals surface area contributed by atoms with E-state index in [1.807, 2.05) is 0 Å². The van der Waals surface area contributed by atoms with Crippen molar-refractivity contribution in [2.45, 2.75) is 31.7 Å². The number of carbonyl (C=O) groups excluding carboxylic acids is 1. The fourth-order valence-corrected chi connectivity index (χ4v) is 2.55. The summed E-state index contributed by atoms with van der Waals surface area (Å²) in [6, 6.07) is 5.80. The van der Waals surface area contributed by atoms with Gasteiger partial charge in [0.15, 0.2) is 0 Å². The Labute approximate surface area is 121 Å². The first kappa shape index (κ1) is 15.0. The zero-order valence-electron chi connectivity index (χ0n) is 11.4. The lowest BCUT2D eigenvalue weighted by molar-refractivity contribution is -0.142. The normalized spacial score (nSPS) is 21.5. The quantitative estimate of drug-likeness (QED) is 0.784. The zero-order chi connectivity index (χ0) is 15.4. The van der Waals surface area contributed by atoms with Crippen LogP contribution in [0.1, 0.15) is 46.4 Å². The third kappa shape index (κ3) is 3.81. The molecule has 1 amide bonds. The number of nitrogens with one attached hydrogen (secondary N) is 1. The van der Waals surface area contributed by atoms with Gasteiger partial charge < -0.3 is 15.5 Å². The van der Waals surface area contributed by atoms with Crippen molar-refractivity contribution in [2.24, 2.45) is 5.92 Å². The summed E-state index contributed by atoms with van der Waals surface area (Å²) in [4.78, 5) is 33.8. The highest BCUT2D eigenvalue weighted by Gasteiger charge is 2.26. The van der Waals surface area contributed by atoms with Gasteiger partial charge in [0.05, 0.1) is 11.5 Å². The van der Waals surface area contributed by atoms with Gasteiger partial charge in [-0.15, -0.1) is 0 Å². The van der Waals surface area contributed by atoms with Gasteiger partial charge >= 0.3 is 11.9 Å². The van der Waals surface area contributed by atoms with Crippen molar-refractivity contribution in [1.82, 2.24) is 5.32 Å². The Hall–Kier alpha value is -2.37. The molecule has 112 valence electrons. The second kappa shape index (κ2) is 6.39. The van der Waals surface area contributed by atoms with Gasteiger partial charge in [-0.1, -0.05) is 6.07 Å². The molecule has 0 saturated heterocycles. The minimum absolute atomic E-state index is 0.0541. The number of amides is 1. The second-order valence-corrected chi connectivity index (χ2v) is 5.25. The Morgan fingerprint density at radius 2 is 1.62 bits per heavy atom. The SMILES string of the molecule is O=C(O)c1cccc(C(=O)NC2CCC(C(=O)O)CC2)c1. The van der Waals surface area contributed by atoms with E-state index in [0.717, 1.165) is 0 Å². The Bertz CT molecular complexity index is 561. The molecule has 1 saturated carbocycles. The zero-order valence-corrected chi connectivity index (χ0v) is 11.4. The highest BCUT2D eigenvalue weighted by Crippen LogP contribution is 2.24. The maximum Gasteiger partial charge on any atom is 0.335 e. The van der Waals surface area contributed by atoms with Crippen molar-refractivity contribution in [3.8, 4) is 0 Å². The maximum atomic E-state index is 12.1. The lowest BCUT2D eigenvalue weighted by Gasteiger charge is -2.26. The van der Waals surface area contributed by atoms with Crippen LogP contribution in [0, 0.1) is 5.92 Å². The lowest BCUT2D eigenvalue weighted by atomic mass is 9.86. The van der Waals surface area contributed by atoms with Gasteiger partial charge in [0.1, 0.15) is 0 Å². The molecule has 2 rings (SSSR count). The predicted octanol–water partition coefficient (Wildman–Crippen LogP) is 1.76. The average Bonchev–Trinajstić information content (AvgIpc) is 2.48. The molecule has 6 heteroatoms. The summed E-state index contributed by atoms with van der Waals surface area (Å²) in [5.41, 5.74) is 0.368. The minimum atomic E-state index is -1.08. The van der Waals surface area contributed by atoms with Crippen LogP contribution in [0.25, 0.3) is 0 Å². The van der Waals surface area contributed by atoms with E-state index in [9.17, 15) is 14.4 Å². The number of benzene rings is 1. The molecule has 1 aliphatic carbocycles. The van der Waals surface area contributed by atoms with Gasteiger partial charge in [0.25, 0.3) is 5.91 Å². The van der Waals surface area contributed by atoms with Crippen molar-refractivity contribution in [3.63, 3.8) is 0 Å². The summed E-state index contributed by atoms with van der Waals surface area (Å²) >= 11 is 0. The van der Waals surface area contributed by atoms with E-state index in [2.05, 4.69) is 5.32 Å². The number of carbonyl (C=O) groups is 3. The molecule has 1 fully saturated rings. The number of aromatic carboxylic acids is 1. The van der Waals surface area contributed by atoms with Gasteiger partial charge in [-0.2, -0.15) is 0 Å². The number of aliphatic carboxylic acids is 1. The summed E-state index contributed by atoms with van der Waals surface area (Å²) in [5, 5.41) is 20.7. The van der Waals surface area contributed by atoms with Crippen LogP contribution in [0.15, 0.2) is 24.3 Å². The molecule has 1 aromatic carbocycles. The summed E-state index contributed by atoms with van der Waals surface area (Å²) in [5.74, 6) is -2.51. The van der Waals surface area contributed by atoms with E-state index in [4.69, 9.17) is 10.2 Å². The molecule has 21 heavy (non-hydrogen) atoms. The molecule has 1 aromatic rings. The molecule has 0 heterocycles. The summed E-state index contributed by atoms with van der Waals surface area (Å²) in [6.07, 6.45) is 2.35. The molecule has 0 radical (unpaired) electrons. The monoisotopic (exact) mass is 291 g/mol. The van der Waals surface area contributed by atoms with Gasteiger partial charge in [0, 0.05) is 11.6 Å². The molecule has 0 aliphatic heterocycles. The molecule has 0 aromatic heterocycles. The maximum absolute atomic E-state index is 12.1. The van der Waals surface area contributed by atoms with E-state index >= 15 is 0 Å². The van der Waals surface area contributed by atoms with Gasteiger partial charge in [-0.05, 0) is 43.9 Å². The number of carboxylic acid groups (broad SMARTS) is 2. The predicted molar refractivity (Wildman–Crippen MR) is 74.2 cm³/mol. The molecule has 0 spiro atoms. The van der Waals surface area contributed by atoms with Crippen molar-refractivity contribution in [2.75, 3.05) is 0 Å². The lowest BCUT2D eigenvalue weighted by Crippen LogP contribution is -2.38. The highest BCUT2D eigenvalue weighted by atomic mass is 16.4. The van der Waals surface area contributed by atoms with E-state index in [1.165, 1.54) is 18.2 Å². The van der Waals surface area contributed by atoms with Crippen LogP contribution in [0.4, 0.5) is 0 Å². The van der Waals surface area contributed by atoms with E-state index in [1.54, 1.807) is 6.07 Å². The molecule has 3 N–H and O–H groups in total. The molecule has 0 unspecified atom stereocenters. The van der Waals surface area contributed by atoms with Crippen molar-refractivity contribution in [1.29, 1.82) is 0 Å². The Kier molecular flexibility index (Phi) is 4.57.